The van der Waals surface area contributed by atoms with Crippen LogP contribution in [0.2, 0.25) is 0 Å². The minimum Gasteiger partial charge on any atom is -0.497 e. The third-order valence-electron chi connectivity index (χ3n) is 3.42. The number of thioether (sulfide) groups is 1. The Morgan fingerprint density at radius 3 is 2.71 bits per heavy atom. The van der Waals surface area contributed by atoms with Gasteiger partial charge < -0.3 is 9.15 Å². The molecule has 1 unspecified atom stereocenters. The number of nitrogens with zero attached hydrogens (tertiary/aromatic N) is 2. The molecule has 0 saturated heterocycles. The summed E-state index contributed by atoms with van der Waals surface area (Å²) in [6.07, 6.45) is 0.673. The number of aromatic nitrogens is 2. The Balaban J connectivity index is 1.73. The summed E-state index contributed by atoms with van der Waals surface area (Å²) < 4.78 is 10.8. The lowest BCUT2D eigenvalue weighted by Crippen LogP contribution is -2.16. The van der Waals surface area contributed by atoms with Gasteiger partial charge in [0.1, 0.15) is 5.75 Å². The second-order valence-electron chi connectivity index (χ2n) is 4.96. The van der Waals surface area contributed by atoms with Crippen molar-refractivity contribution in [3.8, 4) is 16.5 Å². The van der Waals surface area contributed by atoms with Crippen molar-refractivity contribution >= 4 is 28.9 Å². The first-order valence-corrected chi connectivity index (χ1v) is 9.19. The van der Waals surface area contributed by atoms with Crippen LogP contribution >= 0.6 is 23.1 Å². The number of carbonyl (C=O) groups excluding carboxylic acids is 1. The van der Waals surface area contributed by atoms with E-state index in [-0.39, 0.29) is 11.0 Å². The molecular weight excluding hydrogens is 344 g/mol. The number of ether oxygens (including phenoxy) is 1. The Hall–Kier alpha value is -2.12. The maximum absolute atomic E-state index is 12.7. The Morgan fingerprint density at radius 2 is 2.08 bits per heavy atom. The number of thiophene rings is 1. The van der Waals surface area contributed by atoms with Crippen LogP contribution in [0.15, 0.2) is 51.4 Å². The fraction of sp³-hybridized carbons (Fsp3) is 0.235. The third kappa shape index (κ3) is 3.68. The van der Waals surface area contributed by atoms with E-state index in [1.807, 2.05) is 24.4 Å². The molecule has 0 amide bonds. The minimum atomic E-state index is -0.268. The quantitative estimate of drug-likeness (QED) is 0.454. The van der Waals surface area contributed by atoms with Crippen LogP contribution in [0.5, 0.6) is 5.75 Å². The molecule has 2 aromatic heterocycles. The molecule has 0 aliphatic rings. The summed E-state index contributed by atoms with van der Waals surface area (Å²) in [5.74, 6) is 1.25. The van der Waals surface area contributed by atoms with Gasteiger partial charge in [-0.3, -0.25) is 4.79 Å². The summed E-state index contributed by atoms with van der Waals surface area (Å²) in [6.45, 7) is 1.97. The van der Waals surface area contributed by atoms with E-state index in [1.54, 1.807) is 31.4 Å². The van der Waals surface area contributed by atoms with Gasteiger partial charge in [0.05, 0.1) is 17.2 Å². The van der Waals surface area contributed by atoms with E-state index < -0.39 is 0 Å². The van der Waals surface area contributed by atoms with Crippen molar-refractivity contribution in [2.75, 3.05) is 7.11 Å². The van der Waals surface area contributed by atoms with Crippen LogP contribution in [0.25, 0.3) is 10.8 Å². The number of hydrogen-bond acceptors (Lipinski definition) is 7. The molecule has 0 N–H and O–H groups in total. The molecule has 0 saturated carbocycles. The second kappa shape index (κ2) is 7.63. The van der Waals surface area contributed by atoms with Gasteiger partial charge in [-0.25, -0.2) is 0 Å². The van der Waals surface area contributed by atoms with Crippen LogP contribution in [0.1, 0.15) is 23.7 Å². The summed E-state index contributed by atoms with van der Waals surface area (Å²) in [7, 11) is 1.60. The molecule has 3 aromatic rings. The zero-order valence-electron chi connectivity index (χ0n) is 13.3. The highest BCUT2D eigenvalue weighted by Gasteiger charge is 2.23. The predicted molar refractivity (Wildman–Crippen MR) is 94.9 cm³/mol. The van der Waals surface area contributed by atoms with Gasteiger partial charge in [-0.15, -0.1) is 21.5 Å². The fourth-order valence-corrected chi connectivity index (χ4v) is 3.65. The second-order valence-corrected chi connectivity index (χ2v) is 7.06. The number of benzene rings is 1. The molecule has 0 aliphatic carbocycles. The maximum Gasteiger partial charge on any atom is 0.277 e. The largest absolute Gasteiger partial charge is 0.497 e. The third-order valence-corrected chi connectivity index (χ3v) is 5.48. The molecule has 0 fully saturated rings. The summed E-state index contributed by atoms with van der Waals surface area (Å²) in [5.41, 5.74) is 0.646. The van der Waals surface area contributed by atoms with Gasteiger partial charge in [-0.05, 0) is 42.1 Å². The summed E-state index contributed by atoms with van der Waals surface area (Å²) in [6, 6.07) is 11.0. The smallest absolute Gasteiger partial charge is 0.277 e. The van der Waals surface area contributed by atoms with Crippen LogP contribution in [0.4, 0.5) is 0 Å². The molecular formula is C17H16N2O3S2. The standard InChI is InChI=1S/C17H16N2O3S2/c1-3-13(15(20)11-6-8-12(21-2)9-7-11)24-17-19-18-16(22-17)14-5-4-10-23-14/h4-10,13H,3H2,1-2H3. The normalized spacial score (nSPS) is 12.1. The number of hydrogen-bond donors (Lipinski definition) is 0. The lowest BCUT2D eigenvalue weighted by atomic mass is 10.1. The molecule has 0 aliphatic heterocycles. The van der Waals surface area contributed by atoms with Crippen LogP contribution in [-0.2, 0) is 0 Å². The van der Waals surface area contributed by atoms with Gasteiger partial charge in [0, 0.05) is 5.56 Å². The van der Waals surface area contributed by atoms with Gasteiger partial charge in [0.15, 0.2) is 5.78 Å². The molecule has 0 bridgehead atoms. The van der Waals surface area contributed by atoms with Crippen molar-refractivity contribution in [1.29, 1.82) is 0 Å². The van der Waals surface area contributed by atoms with Crippen LogP contribution in [0.3, 0.4) is 0 Å². The molecule has 24 heavy (non-hydrogen) atoms. The lowest BCUT2D eigenvalue weighted by molar-refractivity contribution is 0.0987. The summed E-state index contributed by atoms with van der Waals surface area (Å²) in [4.78, 5) is 13.6. The molecule has 3 rings (SSSR count). The Morgan fingerprint density at radius 1 is 1.29 bits per heavy atom. The fourth-order valence-electron chi connectivity index (χ4n) is 2.14. The summed E-state index contributed by atoms with van der Waals surface area (Å²) >= 11 is 2.84. The van der Waals surface area contributed by atoms with Gasteiger partial charge in [0.2, 0.25) is 0 Å². The Bertz CT molecular complexity index is 798. The van der Waals surface area contributed by atoms with E-state index in [9.17, 15) is 4.79 Å². The number of rotatable bonds is 7. The predicted octanol–water partition coefficient (Wildman–Crippen LogP) is 4.56. The zero-order chi connectivity index (χ0) is 16.9. The molecule has 2 heterocycles. The van der Waals surface area contributed by atoms with Gasteiger partial charge in [-0.2, -0.15) is 0 Å². The highest BCUT2D eigenvalue weighted by Crippen LogP contribution is 2.31. The SMILES string of the molecule is CCC(Sc1nnc(-c2cccs2)o1)C(=O)c1ccc(OC)cc1. The molecule has 7 heteroatoms. The first-order valence-electron chi connectivity index (χ1n) is 7.43. The van der Waals surface area contributed by atoms with E-state index in [0.717, 1.165) is 10.6 Å². The topological polar surface area (TPSA) is 65.2 Å². The average Bonchev–Trinajstić information content (AvgIpc) is 3.30. The molecule has 1 atom stereocenters. The number of Topliss-reactive ketones (excluding diaryl/α,β-unsaturated/α-hetero) is 1. The van der Waals surface area contributed by atoms with Crippen LogP contribution < -0.4 is 4.74 Å². The number of ketones is 1. The molecule has 0 spiro atoms. The van der Waals surface area contributed by atoms with Gasteiger partial charge >= 0.3 is 0 Å². The zero-order valence-corrected chi connectivity index (χ0v) is 14.9. The number of methoxy groups -OCH3 is 1. The van der Waals surface area contributed by atoms with Crippen molar-refractivity contribution in [2.24, 2.45) is 0 Å². The highest BCUT2D eigenvalue weighted by atomic mass is 32.2. The van der Waals surface area contributed by atoms with E-state index >= 15 is 0 Å². The molecule has 0 radical (unpaired) electrons. The maximum atomic E-state index is 12.7. The first-order chi connectivity index (χ1) is 11.7. The van der Waals surface area contributed by atoms with Gasteiger partial charge in [-0.1, -0.05) is 24.8 Å². The molecule has 1 aromatic carbocycles. The summed E-state index contributed by atoms with van der Waals surface area (Å²) in [5, 5.41) is 10.2. The van der Waals surface area contributed by atoms with Crippen molar-refractivity contribution in [2.45, 2.75) is 23.8 Å². The van der Waals surface area contributed by atoms with Crippen LogP contribution in [-0.4, -0.2) is 28.3 Å². The highest BCUT2D eigenvalue weighted by molar-refractivity contribution is 8.00. The first kappa shape index (κ1) is 16.7. The van der Waals surface area contributed by atoms with Crippen molar-refractivity contribution in [1.82, 2.24) is 10.2 Å². The number of carbonyl (C=O) groups is 1. The van der Waals surface area contributed by atoms with E-state index in [2.05, 4.69) is 10.2 Å². The lowest BCUT2D eigenvalue weighted by Gasteiger charge is -2.11. The Kier molecular flexibility index (Phi) is 5.32. The van der Waals surface area contributed by atoms with E-state index in [4.69, 9.17) is 9.15 Å². The molecule has 5 nitrogen and oxygen atoms in total. The molecule has 124 valence electrons. The van der Waals surface area contributed by atoms with Crippen molar-refractivity contribution in [3.63, 3.8) is 0 Å². The minimum absolute atomic E-state index is 0.0426. The monoisotopic (exact) mass is 360 g/mol. The van der Waals surface area contributed by atoms with Crippen LogP contribution in [0, 0.1) is 0 Å². The average molecular weight is 360 g/mol. The Labute approximate surface area is 148 Å². The van der Waals surface area contributed by atoms with E-state index in [0.29, 0.717) is 23.1 Å². The van der Waals surface area contributed by atoms with E-state index in [1.165, 1.54) is 23.1 Å². The van der Waals surface area contributed by atoms with Gasteiger partial charge in [0.25, 0.3) is 11.1 Å². The van der Waals surface area contributed by atoms with Crippen molar-refractivity contribution in [3.05, 3.63) is 47.3 Å². The van der Waals surface area contributed by atoms with Crippen molar-refractivity contribution < 1.29 is 13.9 Å².